The maximum Gasteiger partial charge on any atom is 0.143 e. The van der Waals surface area contributed by atoms with Crippen LogP contribution in [0.15, 0.2) is 36.0 Å². The van der Waals surface area contributed by atoms with Gasteiger partial charge in [0.05, 0.1) is 16.4 Å². The van der Waals surface area contributed by atoms with Crippen molar-refractivity contribution in [2.45, 2.75) is 45.3 Å². The predicted octanol–water partition coefficient (Wildman–Crippen LogP) is 3.29. The second kappa shape index (κ2) is 8.14. The molecule has 0 N–H and O–H groups in total. The van der Waals surface area contributed by atoms with Gasteiger partial charge in [-0.25, -0.2) is 9.67 Å². The van der Waals surface area contributed by atoms with Gasteiger partial charge in [-0.15, -0.1) is 16.4 Å². The number of aromatic nitrogens is 5. The predicted molar refractivity (Wildman–Crippen MR) is 104 cm³/mol. The zero-order valence-corrected chi connectivity index (χ0v) is 16.5. The summed E-state index contributed by atoms with van der Waals surface area (Å²) in [5.41, 5.74) is 1.90. The van der Waals surface area contributed by atoms with E-state index in [1.54, 1.807) is 22.3 Å². The van der Waals surface area contributed by atoms with Crippen LogP contribution in [-0.4, -0.2) is 49.2 Å². The topological polar surface area (TPSA) is 69.0 Å². The Morgan fingerprint density at radius 1 is 1.19 bits per heavy atom. The van der Waals surface area contributed by atoms with E-state index in [2.05, 4.69) is 39.7 Å². The third-order valence-corrected chi connectivity index (χ3v) is 6.07. The Morgan fingerprint density at radius 3 is 2.63 bits per heavy atom. The van der Waals surface area contributed by atoms with E-state index >= 15 is 0 Å². The molecular formula is C19H24N6OS. The molecule has 0 amide bonds. The molecule has 8 heteroatoms. The zero-order valence-electron chi connectivity index (χ0n) is 15.7. The number of tetrazole rings is 1. The summed E-state index contributed by atoms with van der Waals surface area (Å²) in [5.74, 6) is 1.40. The fourth-order valence-corrected chi connectivity index (χ4v) is 4.35. The van der Waals surface area contributed by atoms with E-state index in [0.717, 1.165) is 17.1 Å². The molecule has 1 aliphatic rings. The van der Waals surface area contributed by atoms with Crippen molar-refractivity contribution in [2.75, 3.05) is 13.1 Å². The number of piperidine rings is 1. The molecule has 0 unspecified atom stereocenters. The molecule has 27 heavy (non-hydrogen) atoms. The summed E-state index contributed by atoms with van der Waals surface area (Å²) >= 11 is 1.77. The average molecular weight is 385 g/mol. The van der Waals surface area contributed by atoms with Gasteiger partial charge in [0, 0.05) is 17.3 Å². The molecule has 4 rings (SSSR count). The molecule has 3 aromatic rings. The molecule has 0 spiro atoms. The lowest BCUT2D eigenvalue weighted by Gasteiger charge is -2.33. The summed E-state index contributed by atoms with van der Waals surface area (Å²) in [4.78, 5) is 7.37. The number of thiazole rings is 1. The molecule has 2 aromatic heterocycles. The molecule has 0 aliphatic carbocycles. The SMILES string of the molecule is CC(C)N1CCC(c2nc(COc3ccc(-n4cnnn4)cc3)cs2)CC1. The first-order valence-corrected chi connectivity index (χ1v) is 10.2. The van der Waals surface area contributed by atoms with Gasteiger partial charge >= 0.3 is 0 Å². The molecule has 1 aromatic carbocycles. The zero-order chi connectivity index (χ0) is 18.6. The molecular weight excluding hydrogens is 360 g/mol. The second-order valence-electron chi connectivity index (χ2n) is 7.12. The standard InChI is InChI=1S/C19H24N6OS/c1-14(2)24-9-7-15(8-10-24)19-21-16(12-27-19)11-26-18-5-3-17(4-6-18)25-13-20-22-23-25/h3-6,12-15H,7-11H2,1-2H3. The van der Waals surface area contributed by atoms with Gasteiger partial charge in [-0.3, -0.25) is 0 Å². The van der Waals surface area contributed by atoms with Crippen LogP contribution in [0.3, 0.4) is 0 Å². The van der Waals surface area contributed by atoms with E-state index < -0.39 is 0 Å². The van der Waals surface area contributed by atoms with Crippen LogP contribution in [0.4, 0.5) is 0 Å². The van der Waals surface area contributed by atoms with Crippen molar-refractivity contribution < 1.29 is 4.74 Å². The Balaban J connectivity index is 1.31. The minimum absolute atomic E-state index is 0.492. The monoisotopic (exact) mass is 384 g/mol. The van der Waals surface area contributed by atoms with Crippen molar-refractivity contribution in [3.8, 4) is 11.4 Å². The van der Waals surface area contributed by atoms with Crippen molar-refractivity contribution in [1.29, 1.82) is 0 Å². The number of ether oxygens (including phenoxy) is 1. The number of hydrogen-bond acceptors (Lipinski definition) is 7. The minimum atomic E-state index is 0.492. The molecule has 1 saturated heterocycles. The maximum atomic E-state index is 5.89. The van der Waals surface area contributed by atoms with Gasteiger partial charge in [-0.2, -0.15) is 0 Å². The van der Waals surface area contributed by atoms with Crippen molar-refractivity contribution in [3.63, 3.8) is 0 Å². The number of nitrogens with zero attached hydrogens (tertiary/aromatic N) is 6. The fourth-order valence-electron chi connectivity index (χ4n) is 3.37. The number of rotatable bonds is 6. The first-order chi connectivity index (χ1) is 13.2. The van der Waals surface area contributed by atoms with E-state index in [4.69, 9.17) is 9.72 Å². The van der Waals surface area contributed by atoms with E-state index in [9.17, 15) is 0 Å². The molecule has 0 saturated carbocycles. The molecule has 7 nitrogen and oxygen atoms in total. The highest BCUT2D eigenvalue weighted by Gasteiger charge is 2.24. The van der Waals surface area contributed by atoms with Crippen molar-refractivity contribution in [1.82, 2.24) is 30.1 Å². The van der Waals surface area contributed by atoms with Crippen LogP contribution in [0, 0.1) is 0 Å². The van der Waals surface area contributed by atoms with Crippen LogP contribution >= 0.6 is 11.3 Å². The summed E-state index contributed by atoms with van der Waals surface area (Å²) < 4.78 is 7.50. The lowest BCUT2D eigenvalue weighted by molar-refractivity contribution is 0.171. The molecule has 0 bridgehead atoms. The quantitative estimate of drug-likeness (QED) is 0.650. The lowest BCUT2D eigenvalue weighted by Crippen LogP contribution is -2.37. The first kappa shape index (κ1) is 18.1. The third-order valence-electron chi connectivity index (χ3n) is 5.02. The third kappa shape index (κ3) is 4.33. The Bertz CT molecular complexity index is 837. The molecule has 0 radical (unpaired) electrons. The highest BCUT2D eigenvalue weighted by Crippen LogP contribution is 2.31. The van der Waals surface area contributed by atoms with Crippen molar-refractivity contribution >= 4 is 11.3 Å². The van der Waals surface area contributed by atoms with Crippen LogP contribution in [0.1, 0.15) is 43.3 Å². The van der Waals surface area contributed by atoms with Crippen molar-refractivity contribution in [3.05, 3.63) is 46.7 Å². The lowest BCUT2D eigenvalue weighted by atomic mass is 9.97. The fraction of sp³-hybridized carbons (Fsp3) is 0.474. The van der Waals surface area contributed by atoms with Gasteiger partial charge < -0.3 is 9.64 Å². The maximum absolute atomic E-state index is 5.89. The van der Waals surface area contributed by atoms with Gasteiger partial charge in [-0.1, -0.05) is 0 Å². The first-order valence-electron chi connectivity index (χ1n) is 9.33. The van der Waals surface area contributed by atoms with Crippen LogP contribution in [-0.2, 0) is 6.61 Å². The minimum Gasteiger partial charge on any atom is -0.487 e. The molecule has 1 fully saturated rings. The van der Waals surface area contributed by atoms with Gasteiger partial charge in [0.2, 0.25) is 0 Å². The Labute approximate surface area is 163 Å². The largest absolute Gasteiger partial charge is 0.487 e. The van der Waals surface area contributed by atoms with Crippen molar-refractivity contribution in [2.24, 2.45) is 0 Å². The number of benzene rings is 1. The summed E-state index contributed by atoms with van der Waals surface area (Å²) in [6, 6.07) is 8.34. The van der Waals surface area contributed by atoms with Gasteiger partial charge in [0.1, 0.15) is 18.7 Å². The van der Waals surface area contributed by atoms with Crippen LogP contribution in [0.2, 0.25) is 0 Å². The normalized spacial score (nSPS) is 16.1. The van der Waals surface area contributed by atoms with Crippen LogP contribution in [0.5, 0.6) is 5.75 Å². The Morgan fingerprint density at radius 2 is 1.96 bits per heavy atom. The van der Waals surface area contributed by atoms with E-state index in [0.29, 0.717) is 18.6 Å². The number of hydrogen-bond donors (Lipinski definition) is 0. The molecule has 0 atom stereocenters. The molecule has 142 valence electrons. The second-order valence-corrected chi connectivity index (χ2v) is 8.01. The highest BCUT2D eigenvalue weighted by molar-refractivity contribution is 7.09. The summed E-state index contributed by atoms with van der Waals surface area (Å²) in [5, 5.41) is 14.5. The summed E-state index contributed by atoms with van der Waals surface area (Å²) in [6.07, 6.45) is 3.97. The Hall–Kier alpha value is -2.32. The van der Waals surface area contributed by atoms with Gasteiger partial charge in [-0.05, 0) is 74.5 Å². The van der Waals surface area contributed by atoms with Crippen LogP contribution in [0.25, 0.3) is 5.69 Å². The highest BCUT2D eigenvalue weighted by atomic mass is 32.1. The average Bonchev–Trinajstić information content (AvgIpc) is 3.39. The van der Waals surface area contributed by atoms with Gasteiger partial charge in [0.15, 0.2) is 0 Å². The molecule has 3 heterocycles. The molecule has 1 aliphatic heterocycles. The Kier molecular flexibility index (Phi) is 5.45. The van der Waals surface area contributed by atoms with E-state index in [1.165, 1.54) is 30.9 Å². The summed E-state index contributed by atoms with van der Waals surface area (Å²) in [7, 11) is 0. The van der Waals surface area contributed by atoms with E-state index in [1.807, 2.05) is 24.3 Å². The smallest absolute Gasteiger partial charge is 0.143 e. The van der Waals surface area contributed by atoms with Crippen LogP contribution < -0.4 is 4.74 Å². The van der Waals surface area contributed by atoms with Gasteiger partial charge in [0.25, 0.3) is 0 Å². The van der Waals surface area contributed by atoms with E-state index in [-0.39, 0.29) is 0 Å². The number of likely N-dealkylation sites (tertiary alicyclic amines) is 1. The summed E-state index contributed by atoms with van der Waals surface area (Å²) in [6.45, 7) is 7.37.